The summed E-state index contributed by atoms with van der Waals surface area (Å²) in [6.07, 6.45) is 3.73. The second kappa shape index (κ2) is 8.57. The Morgan fingerprint density at radius 1 is 1.19 bits per heavy atom. The second-order valence-electron chi connectivity index (χ2n) is 7.41. The van der Waals surface area contributed by atoms with Crippen molar-refractivity contribution in [3.63, 3.8) is 0 Å². The van der Waals surface area contributed by atoms with Crippen molar-refractivity contribution in [3.8, 4) is 11.1 Å². The predicted molar refractivity (Wildman–Crippen MR) is 102 cm³/mol. The molecule has 1 aromatic heterocycles. The van der Waals surface area contributed by atoms with Crippen molar-refractivity contribution in [1.29, 1.82) is 0 Å². The summed E-state index contributed by atoms with van der Waals surface area (Å²) in [5.41, 5.74) is 0.817. The summed E-state index contributed by atoms with van der Waals surface area (Å²) in [6, 6.07) is 8.07. The number of halogens is 2. The van der Waals surface area contributed by atoms with Crippen LogP contribution in [0.25, 0.3) is 11.1 Å². The van der Waals surface area contributed by atoms with E-state index in [2.05, 4.69) is 17.3 Å². The normalized spacial score (nSPS) is 15.9. The molecule has 3 rings (SSSR count). The van der Waals surface area contributed by atoms with Gasteiger partial charge in [0.15, 0.2) is 0 Å². The lowest BCUT2D eigenvalue weighted by Crippen LogP contribution is -2.42. The first-order chi connectivity index (χ1) is 13.0. The quantitative estimate of drug-likeness (QED) is 0.587. The number of hydrogen-bond donors (Lipinski definition) is 1. The smallest absolute Gasteiger partial charge is 0.265 e. The molecule has 2 aromatic rings. The zero-order valence-corrected chi connectivity index (χ0v) is 15.6. The number of carbonyl (C=O) groups excluding carboxylic acids is 1. The topological polar surface area (TPSA) is 42.0 Å². The summed E-state index contributed by atoms with van der Waals surface area (Å²) in [5, 5.41) is 2.82. The molecule has 1 saturated heterocycles. The van der Waals surface area contributed by atoms with E-state index in [0.29, 0.717) is 17.7 Å². The summed E-state index contributed by atoms with van der Waals surface area (Å²) in [7, 11) is 2.24. The number of nitrogens with zero attached hydrogens (tertiary/aromatic N) is 2. The summed E-state index contributed by atoms with van der Waals surface area (Å²) in [6.45, 7) is 3.85. The second-order valence-corrected chi connectivity index (χ2v) is 7.41. The van der Waals surface area contributed by atoms with Gasteiger partial charge >= 0.3 is 0 Å². The lowest BCUT2D eigenvalue weighted by atomic mass is 9.95. The van der Waals surface area contributed by atoms with Crippen LogP contribution in [0.5, 0.6) is 0 Å². The lowest BCUT2D eigenvalue weighted by Gasteiger charge is -2.29. The van der Waals surface area contributed by atoms with E-state index in [9.17, 15) is 13.6 Å². The molecule has 1 fully saturated rings. The Kier molecular flexibility index (Phi) is 6.16. The molecular weight excluding hydrogens is 348 g/mol. The first-order valence-corrected chi connectivity index (χ1v) is 9.43. The van der Waals surface area contributed by atoms with E-state index < -0.39 is 12.3 Å². The standard InChI is InChI=1S/C21H25F2N3O/c1-26(13-2-3-14-26)15-5-10-25-21(27)18-7-4-6-17(19(18)20(22)23)16-8-11-24-12-9-16/h4,6-9,11-12,20H,2-3,5,10,13-15H2,1H3/p+1. The minimum absolute atomic E-state index is 0.0425. The van der Waals surface area contributed by atoms with Gasteiger partial charge < -0.3 is 9.80 Å². The SMILES string of the molecule is C[N+]1(CCCNC(=O)c2cccc(-c3ccncc3)c2C(F)F)CCCC1. The fourth-order valence-corrected chi connectivity index (χ4v) is 3.86. The van der Waals surface area contributed by atoms with E-state index >= 15 is 0 Å². The third kappa shape index (κ3) is 4.69. The number of amides is 1. The summed E-state index contributed by atoms with van der Waals surface area (Å²) >= 11 is 0. The number of pyridine rings is 1. The number of alkyl halides is 2. The maximum atomic E-state index is 13.8. The van der Waals surface area contributed by atoms with Crippen LogP contribution in [0.3, 0.4) is 0 Å². The van der Waals surface area contributed by atoms with Crippen molar-refractivity contribution >= 4 is 5.91 Å². The number of likely N-dealkylation sites (tertiary alicyclic amines) is 1. The Morgan fingerprint density at radius 3 is 2.56 bits per heavy atom. The maximum absolute atomic E-state index is 13.8. The van der Waals surface area contributed by atoms with Gasteiger partial charge in [-0.1, -0.05) is 12.1 Å². The van der Waals surface area contributed by atoms with Crippen LogP contribution in [0.15, 0.2) is 42.7 Å². The minimum Gasteiger partial charge on any atom is -0.352 e. The molecule has 0 radical (unpaired) electrons. The van der Waals surface area contributed by atoms with Gasteiger partial charge in [0.25, 0.3) is 12.3 Å². The fraction of sp³-hybridized carbons (Fsp3) is 0.429. The van der Waals surface area contributed by atoms with Gasteiger partial charge in [-0.2, -0.15) is 0 Å². The molecule has 1 amide bonds. The van der Waals surface area contributed by atoms with Crippen LogP contribution < -0.4 is 5.32 Å². The molecule has 1 aliphatic rings. The summed E-state index contributed by atoms with van der Waals surface area (Å²) in [4.78, 5) is 16.5. The van der Waals surface area contributed by atoms with Gasteiger partial charge in [0.2, 0.25) is 0 Å². The van der Waals surface area contributed by atoms with Crippen molar-refractivity contribution < 1.29 is 18.1 Å². The molecule has 0 saturated carbocycles. The first-order valence-electron chi connectivity index (χ1n) is 9.43. The third-order valence-electron chi connectivity index (χ3n) is 5.37. The highest BCUT2D eigenvalue weighted by atomic mass is 19.3. The zero-order valence-electron chi connectivity index (χ0n) is 15.6. The molecule has 4 nitrogen and oxygen atoms in total. The van der Waals surface area contributed by atoms with E-state index in [1.54, 1.807) is 36.7 Å². The Balaban J connectivity index is 1.70. The van der Waals surface area contributed by atoms with Gasteiger partial charge in [-0.25, -0.2) is 8.78 Å². The van der Waals surface area contributed by atoms with Crippen molar-refractivity contribution in [1.82, 2.24) is 10.3 Å². The first kappa shape index (κ1) is 19.4. The van der Waals surface area contributed by atoms with Crippen molar-refractivity contribution in [2.75, 3.05) is 33.2 Å². The van der Waals surface area contributed by atoms with E-state index in [0.717, 1.165) is 17.4 Å². The van der Waals surface area contributed by atoms with Crippen molar-refractivity contribution in [2.45, 2.75) is 25.7 Å². The molecule has 1 aromatic carbocycles. The molecule has 1 aliphatic heterocycles. The van der Waals surface area contributed by atoms with Crippen LogP contribution in [0, 0.1) is 0 Å². The molecule has 0 bridgehead atoms. The monoisotopic (exact) mass is 374 g/mol. The minimum atomic E-state index is -2.73. The highest BCUT2D eigenvalue weighted by Crippen LogP contribution is 2.33. The summed E-state index contributed by atoms with van der Waals surface area (Å²) in [5.74, 6) is -0.440. The molecule has 0 aliphatic carbocycles. The number of hydrogen-bond acceptors (Lipinski definition) is 2. The highest BCUT2D eigenvalue weighted by Gasteiger charge is 2.26. The molecular formula is C21H26F2N3O+. The van der Waals surface area contributed by atoms with Gasteiger partial charge in [-0.3, -0.25) is 9.78 Å². The van der Waals surface area contributed by atoms with Gasteiger partial charge in [0.1, 0.15) is 0 Å². The van der Waals surface area contributed by atoms with Crippen molar-refractivity contribution in [2.24, 2.45) is 0 Å². The molecule has 0 atom stereocenters. The van der Waals surface area contributed by atoms with Crippen LogP contribution in [-0.2, 0) is 0 Å². The number of aromatic nitrogens is 1. The van der Waals surface area contributed by atoms with E-state index in [4.69, 9.17) is 0 Å². The van der Waals surface area contributed by atoms with E-state index in [-0.39, 0.29) is 11.1 Å². The molecule has 6 heteroatoms. The Bertz CT molecular complexity index is 774. The molecule has 0 unspecified atom stereocenters. The molecule has 0 spiro atoms. The van der Waals surface area contributed by atoms with Crippen LogP contribution in [0.4, 0.5) is 8.78 Å². The molecule has 1 N–H and O–H groups in total. The van der Waals surface area contributed by atoms with Gasteiger partial charge in [-0.15, -0.1) is 0 Å². The van der Waals surface area contributed by atoms with E-state index in [1.807, 2.05) is 0 Å². The Morgan fingerprint density at radius 2 is 1.89 bits per heavy atom. The summed E-state index contributed by atoms with van der Waals surface area (Å²) < 4.78 is 28.6. The third-order valence-corrected chi connectivity index (χ3v) is 5.37. The largest absolute Gasteiger partial charge is 0.352 e. The van der Waals surface area contributed by atoms with Gasteiger partial charge in [-0.05, 0) is 29.3 Å². The van der Waals surface area contributed by atoms with Crippen LogP contribution in [0.1, 0.15) is 41.6 Å². The lowest BCUT2D eigenvalue weighted by molar-refractivity contribution is -0.897. The number of quaternary nitrogens is 1. The maximum Gasteiger partial charge on any atom is 0.265 e. The number of nitrogens with one attached hydrogen (secondary N) is 1. The van der Waals surface area contributed by atoms with Gasteiger partial charge in [0, 0.05) is 49.3 Å². The molecule has 144 valence electrons. The molecule has 2 heterocycles. The molecule has 27 heavy (non-hydrogen) atoms. The average molecular weight is 374 g/mol. The fourth-order valence-electron chi connectivity index (χ4n) is 3.86. The Labute approximate surface area is 158 Å². The predicted octanol–water partition coefficient (Wildman–Crippen LogP) is 4.05. The van der Waals surface area contributed by atoms with Crippen molar-refractivity contribution in [3.05, 3.63) is 53.9 Å². The van der Waals surface area contributed by atoms with Crippen LogP contribution in [-0.4, -0.2) is 48.6 Å². The average Bonchev–Trinajstić information content (AvgIpc) is 3.11. The van der Waals surface area contributed by atoms with Crippen LogP contribution in [0.2, 0.25) is 0 Å². The zero-order chi connectivity index (χ0) is 19.3. The number of benzene rings is 1. The number of rotatable bonds is 7. The van der Waals surface area contributed by atoms with Crippen LogP contribution >= 0.6 is 0 Å². The van der Waals surface area contributed by atoms with Gasteiger partial charge in [0.05, 0.1) is 26.7 Å². The Hall–Kier alpha value is -2.34. The highest BCUT2D eigenvalue weighted by molar-refractivity contribution is 5.97. The number of carbonyl (C=O) groups is 1. The van der Waals surface area contributed by atoms with E-state index in [1.165, 1.54) is 32.0 Å².